The van der Waals surface area contributed by atoms with Crippen LogP contribution < -0.4 is 22.1 Å². The fraction of sp³-hybridized carbons (Fsp3) is 0.361. The first-order valence-electron chi connectivity index (χ1n) is 17.5. The normalized spacial score (nSPS) is 21.8. The molecule has 0 radical (unpaired) electrons. The van der Waals surface area contributed by atoms with Crippen LogP contribution in [0.2, 0.25) is 0 Å². The number of amides is 5. The van der Waals surface area contributed by atoms with E-state index < -0.39 is 82.8 Å². The van der Waals surface area contributed by atoms with Crippen LogP contribution in [-0.4, -0.2) is 123 Å². The fourth-order valence-corrected chi connectivity index (χ4v) is 8.77. The number of hydrogen-bond acceptors (Lipinski definition) is 17. The summed E-state index contributed by atoms with van der Waals surface area (Å²) < 4.78 is 19.9. The number of carboxylic acids is 1. The maximum atomic E-state index is 13.0. The highest BCUT2D eigenvalue weighted by Gasteiger charge is 2.56. The zero-order chi connectivity index (χ0) is 43.1. The van der Waals surface area contributed by atoms with Gasteiger partial charge in [0.25, 0.3) is 17.7 Å². The second-order valence-electron chi connectivity index (χ2n) is 12.8. The van der Waals surface area contributed by atoms with Crippen LogP contribution in [0.25, 0.3) is 0 Å². The summed E-state index contributed by atoms with van der Waals surface area (Å²) in [7, 11) is 1.25. The van der Waals surface area contributed by atoms with Gasteiger partial charge in [-0.2, -0.15) is 0 Å². The zero-order valence-electron chi connectivity index (χ0n) is 31.8. The Hall–Kier alpha value is -6.33. The van der Waals surface area contributed by atoms with E-state index in [1.807, 2.05) is 6.07 Å². The average molecular weight is 858 g/mol. The third-order valence-electron chi connectivity index (χ3n) is 8.77. The van der Waals surface area contributed by atoms with Crippen molar-refractivity contribution in [3.8, 4) is 0 Å². The van der Waals surface area contributed by atoms with Crippen molar-refractivity contribution in [3.63, 3.8) is 0 Å². The molecule has 59 heavy (non-hydrogen) atoms. The minimum Gasteiger partial charge on any atom is -0.477 e. The molecule has 2 aromatic rings. The molecule has 2 fully saturated rings. The number of esters is 2. The number of nitrogens with zero attached hydrogens (tertiary/aromatic N) is 3. The summed E-state index contributed by atoms with van der Waals surface area (Å²) in [6, 6.07) is 9.26. The molecular formula is C36H39N7O14S2. The SMILES string of the molecule is CC1=C(C(=O)O)N2C(=O)[C@@H](NC(=O)[C@H](N)c3ccccc3)[C@H]2SC1.CO/N=C(/C(=O)N[C@@H]1C(=O)N2C(C(=O)OC(C)OC(C)=O)=C(COC(N)=O)CS[C@H]12)c1ccco1. The van der Waals surface area contributed by atoms with Crippen LogP contribution in [0.5, 0.6) is 0 Å². The highest BCUT2D eigenvalue weighted by Crippen LogP contribution is 2.42. The van der Waals surface area contributed by atoms with Crippen molar-refractivity contribution in [2.24, 2.45) is 16.6 Å². The summed E-state index contributed by atoms with van der Waals surface area (Å²) in [6.07, 6.45) is -0.976. The highest BCUT2D eigenvalue weighted by atomic mass is 32.2. The van der Waals surface area contributed by atoms with Gasteiger partial charge in [0.2, 0.25) is 17.9 Å². The van der Waals surface area contributed by atoms with Gasteiger partial charge < -0.3 is 50.7 Å². The number of carbonyl (C=O) groups excluding carboxylic acids is 7. The predicted molar refractivity (Wildman–Crippen MR) is 206 cm³/mol. The van der Waals surface area contributed by atoms with Crippen molar-refractivity contribution in [3.05, 3.63) is 82.6 Å². The van der Waals surface area contributed by atoms with Crippen molar-refractivity contribution in [2.75, 3.05) is 25.2 Å². The number of carbonyl (C=O) groups is 8. The molecule has 6 rings (SSSR count). The number of nitrogens with two attached hydrogens (primary N) is 2. The van der Waals surface area contributed by atoms with Crippen LogP contribution in [0.1, 0.15) is 38.1 Å². The number of rotatable bonds is 13. The Labute approximate surface area is 343 Å². The molecule has 1 aromatic heterocycles. The molecule has 21 nitrogen and oxygen atoms in total. The number of ether oxygens (including phenoxy) is 3. The molecule has 5 heterocycles. The molecule has 23 heteroatoms. The molecule has 0 spiro atoms. The van der Waals surface area contributed by atoms with Crippen LogP contribution in [0, 0.1) is 0 Å². The lowest BCUT2D eigenvalue weighted by molar-refractivity contribution is -0.182. The molecule has 7 N–H and O–H groups in total. The largest absolute Gasteiger partial charge is 0.477 e. The lowest BCUT2D eigenvalue weighted by atomic mass is 10.0. The maximum absolute atomic E-state index is 13.0. The monoisotopic (exact) mass is 857 g/mol. The number of primary amides is 1. The third-order valence-corrected chi connectivity index (χ3v) is 11.5. The number of β-lactam (4-membered cyclic amide) rings is 2. The molecule has 1 unspecified atom stereocenters. The van der Waals surface area contributed by atoms with Crippen molar-refractivity contribution < 1.29 is 66.9 Å². The number of fused-ring (bicyclic) bond motifs is 2. The summed E-state index contributed by atoms with van der Waals surface area (Å²) in [6.45, 7) is 3.78. The number of oxime groups is 1. The van der Waals surface area contributed by atoms with Crippen molar-refractivity contribution >= 4 is 76.9 Å². The van der Waals surface area contributed by atoms with E-state index >= 15 is 0 Å². The van der Waals surface area contributed by atoms with E-state index in [-0.39, 0.29) is 40.8 Å². The van der Waals surface area contributed by atoms with Gasteiger partial charge in [0.15, 0.2) is 5.76 Å². The van der Waals surface area contributed by atoms with Crippen LogP contribution in [0.15, 0.2) is 80.8 Å². The summed E-state index contributed by atoms with van der Waals surface area (Å²) in [5, 5.41) is 17.1. The van der Waals surface area contributed by atoms with Gasteiger partial charge in [-0.05, 0) is 30.2 Å². The number of nitrogens with one attached hydrogen (secondary N) is 2. The van der Waals surface area contributed by atoms with Gasteiger partial charge in [0, 0.05) is 30.9 Å². The van der Waals surface area contributed by atoms with Crippen molar-refractivity contribution in [1.29, 1.82) is 0 Å². The molecule has 4 aliphatic heterocycles. The van der Waals surface area contributed by atoms with E-state index in [9.17, 15) is 43.5 Å². The first kappa shape index (κ1) is 43.8. The maximum Gasteiger partial charge on any atom is 0.404 e. The second kappa shape index (κ2) is 18.9. The molecule has 4 aliphatic rings. The van der Waals surface area contributed by atoms with Gasteiger partial charge in [0.1, 0.15) is 54.0 Å². The third kappa shape index (κ3) is 9.69. The summed E-state index contributed by atoms with van der Waals surface area (Å²) in [4.78, 5) is 104. The molecule has 5 amide bonds. The van der Waals surface area contributed by atoms with Gasteiger partial charge in [-0.3, -0.25) is 33.8 Å². The van der Waals surface area contributed by atoms with E-state index in [0.717, 1.165) is 11.8 Å². The molecule has 0 bridgehead atoms. The topological polar surface area (TPSA) is 302 Å². The first-order valence-corrected chi connectivity index (χ1v) is 19.6. The van der Waals surface area contributed by atoms with E-state index in [1.54, 1.807) is 37.3 Å². The number of hydrogen-bond donors (Lipinski definition) is 5. The van der Waals surface area contributed by atoms with Gasteiger partial charge in [-0.25, -0.2) is 14.4 Å². The second-order valence-corrected chi connectivity index (χ2v) is 15.0. The summed E-state index contributed by atoms with van der Waals surface area (Å²) in [5.74, 6) is -4.25. The van der Waals surface area contributed by atoms with Crippen molar-refractivity contribution in [1.82, 2.24) is 20.4 Å². The Kier molecular flexibility index (Phi) is 14.1. The van der Waals surface area contributed by atoms with Crippen LogP contribution in [-0.2, 0) is 52.6 Å². The zero-order valence-corrected chi connectivity index (χ0v) is 33.4. The Morgan fingerprint density at radius 3 is 2.15 bits per heavy atom. The molecule has 6 atom stereocenters. The number of carboxylic acid groups (broad SMARTS) is 1. The predicted octanol–water partition coefficient (Wildman–Crippen LogP) is 0.277. The number of aliphatic carboxylic acids is 1. The Morgan fingerprint density at radius 2 is 1.58 bits per heavy atom. The fourth-order valence-electron chi connectivity index (χ4n) is 6.15. The molecular weight excluding hydrogens is 819 g/mol. The van der Waals surface area contributed by atoms with Gasteiger partial charge >= 0.3 is 24.0 Å². The van der Waals surface area contributed by atoms with Crippen LogP contribution >= 0.6 is 23.5 Å². The van der Waals surface area contributed by atoms with E-state index in [2.05, 4.69) is 15.8 Å². The Balaban J connectivity index is 0.000000240. The van der Waals surface area contributed by atoms with Gasteiger partial charge in [0.05, 0.1) is 6.26 Å². The number of furan rings is 1. The molecule has 2 saturated heterocycles. The Morgan fingerprint density at radius 1 is 0.949 bits per heavy atom. The minimum absolute atomic E-state index is 0.0154. The number of benzene rings is 1. The molecule has 314 valence electrons. The highest BCUT2D eigenvalue weighted by molar-refractivity contribution is 8.00. The van der Waals surface area contributed by atoms with Crippen molar-refractivity contribution in [2.45, 2.75) is 55.9 Å². The van der Waals surface area contributed by atoms with Gasteiger partial charge in [-0.1, -0.05) is 35.5 Å². The Bertz CT molecular complexity index is 2110. The van der Waals surface area contributed by atoms with Gasteiger partial charge in [-0.15, -0.1) is 23.5 Å². The van der Waals surface area contributed by atoms with Crippen LogP contribution in [0.4, 0.5) is 4.79 Å². The standard InChI is InChI=1S/C20H22N4O10S.C16H17N3O4S/c1-9(25)33-10(2)34-19(28)15-11(7-32-20(21)29)8-35-18-14(17(27)24(15)18)22-16(26)13(23-30-3)12-5-4-6-31-12;1-8-7-24-15-11(14(21)19(15)12(8)16(22)23)18-13(20)10(17)9-5-3-2-4-6-9/h4-6,10,14,18H,7-8H2,1-3H3,(H2,21,29)(H,22,26);2-6,10-11,15H,7,17H2,1H3,(H,18,20)(H,22,23)/b23-13+;/t10?,14-,18-;10-,11-,15-/m11/s1. The average Bonchev–Trinajstić information content (AvgIpc) is 3.74. The summed E-state index contributed by atoms with van der Waals surface area (Å²) in [5.41, 5.74) is 12.1. The smallest absolute Gasteiger partial charge is 0.404 e. The minimum atomic E-state index is -1.24. The van der Waals surface area contributed by atoms with E-state index in [0.29, 0.717) is 16.9 Å². The molecule has 0 aliphatic carbocycles. The molecule has 0 saturated carbocycles. The first-order chi connectivity index (χ1) is 28.0. The van der Waals surface area contributed by atoms with E-state index in [4.69, 9.17) is 34.9 Å². The lowest BCUT2D eigenvalue weighted by Crippen LogP contribution is -2.71. The molecule has 1 aromatic carbocycles. The van der Waals surface area contributed by atoms with E-state index in [1.165, 1.54) is 54.8 Å². The quantitative estimate of drug-likeness (QED) is 0.0594. The lowest BCUT2D eigenvalue weighted by Gasteiger charge is -2.49. The number of thioether (sulfide) groups is 2. The van der Waals surface area contributed by atoms with Crippen LogP contribution in [0.3, 0.4) is 0 Å². The summed E-state index contributed by atoms with van der Waals surface area (Å²) >= 11 is 2.64.